The van der Waals surface area contributed by atoms with Gasteiger partial charge in [-0.3, -0.25) is 4.79 Å². The Morgan fingerprint density at radius 2 is 1.81 bits per heavy atom. The van der Waals surface area contributed by atoms with Crippen LogP contribution in [0.1, 0.15) is 23.2 Å². The van der Waals surface area contributed by atoms with Crippen LogP contribution in [0.15, 0.2) is 36.7 Å². The van der Waals surface area contributed by atoms with Crippen LogP contribution in [0.3, 0.4) is 0 Å². The summed E-state index contributed by atoms with van der Waals surface area (Å²) in [6.45, 7) is 7.27. The molecule has 0 N–H and O–H groups in total. The normalized spacial score (nSPS) is 14.5. The maximum atomic E-state index is 12.4. The summed E-state index contributed by atoms with van der Waals surface area (Å²) in [5.74, 6) is 3.11. The van der Waals surface area contributed by atoms with E-state index in [9.17, 15) is 4.79 Å². The van der Waals surface area contributed by atoms with E-state index in [0.717, 1.165) is 54.8 Å². The molecule has 1 fully saturated rings. The first-order valence-corrected chi connectivity index (χ1v) is 10.2. The van der Waals surface area contributed by atoms with E-state index in [1.807, 2.05) is 29.7 Å². The third-order valence-electron chi connectivity index (χ3n) is 4.81. The molecule has 26 heavy (non-hydrogen) atoms. The first-order valence-electron chi connectivity index (χ1n) is 9.08. The molecule has 0 spiro atoms. The third kappa shape index (κ3) is 4.75. The summed E-state index contributed by atoms with van der Waals surface area (Å²) in [4.78, 5) is 25.4. The number of piperazine rings is 1. The molecule has 1 saturated heterocycles. The van der Waals surface area contributed by atoms with E-state index in [1.54, 1.807) is 6.33 Å². The maximum Gasteiger partial charge on any atom is 0.223 e. The molecule has 138 valence electrons. The van der Waals surface area contributed by atoms with Crippen LogP contribution in [0, 0.1) is 13.8 Å². The van der Waals surface area contributed by atoms with Crippen LogP contribution in [0.25, 0.3) is 0 Å². The number of carbonyl (C=O) groups is 1. The van der Waals surface area contributed by atoms with E-state index in [0.29, 0.717) is 6.42 Å². The van der Waals surface area contributed by atoms with Gasteiger partial charge >= 0.3 is 0 Å². The van der Waals surface area contributed by atoms with Crippen molar-refractivity contribution in [2.75, 3.05) is 36.8 Å². The maximum absolute atomic E-state index is 12.4. The fourth-order valence-electron chi connectivity index (χ4n) is 3.09. The number of carbonyl (C=O) groups excluding carboxylic acids is 1. The van der Waals surface area contributed by atoms with Crippen molar-refractivity contribution in [3.63, 3.8) is 0 Å². The van der Waals surface area contributed by atoms with E-state index in [2.05, 4.69) is 46.1 Å². The first kappa shape index (κ1) is 18.7. The van der Waals surface area contributed by atoms with Crippen molar-refractivity contribution in [3.8, 4) is 0 Å². The summed E-state index contributed by atoms with van der Waals surface area (Å²) in [5, 5.41) is 0. The molecule has 0 radical (unpaired) electrons. The summed E-state index contributed by atoms with van der Waals surface area (Å²) >= 11 is 1.82. The highest BCUT2D eigenvalue weighted by Gasteiger charge is 2.22. The minimum Gasteiger partial charge on any atom is -0.353 e. The van der Waals surface area contributed by atoms with Gasteiger partial charge in [0.25, 0.3) is 0 Å². The molecule has 0 unspecified atom stereocenters. The molecule has 1 amide bonds. The van der Waals surface area contributed by atoms with Crippen LogP contribution in [0.2, 0.25) is 0 Å². The van der Waals surface area contributed by atoms with Gasteiger partial charge in [-0.1, -0.05) is 30.3 Å². The lowest BCUT2D eigenvalue weighted by atomic mass is 10.2. The molecule has 3 rings (SSSR count). The molecular weight excluding hydrogens is 344 g/mol. The predicted octanol–water partition coefficient (Wildman–Crippen LogP) is 3.07. The number of nitrogens with zero attached hydrogens (tertiary/aromatic N) is 4. The fourth-order valence-corrected chi connectivity index (χ4v) is 3.99. The van der Waals surface area contributed by atoms with Gasteiger partial charge in [0.2, 0.25) is 5.91 Å². The first-order chi connectivity index (χ1) is 12.6. The van der Waals surface area contributed by atoms with Gasteiger partial charge in [0, 0.05) is 55.4 Å². The fraction of sp³-hybridized carbons (Fsp3) is 0.450. The van der Waals surface area contributed by atoms with E-state index in [1.165, 1.54) is 5.56 Å². The topological polar surface area (TPSA) is 49.3 Å². The van der Waals surface area contributed by atoms with Crippen LogP contribution < -0.4 is 4.90 Å². The van der Waals surface area contributed by atoms with Gasteiger partial charge in [-0.25, -0.2) is 9.97 Å². The Labute approximate surface area is 159 Å². The van der Waals surface area contributed by atoms with Crippen LogP contribution in [-0.2, 0) is 10.5 Å². The average molecular weight is 371 g/mol. The molecule has 0 aliphatic carbocycles. The number of aryl methyl sites for hydroxylation is 1. The van der Waals surface area contributed by atoms with E-state index >= 15 is 0 Å². The van der Waals surface area contributed by atoms with Crippen molar-refractivity contribution in [1.82, 2.24) is 14.9 Å². The molecule has 2 heterocycles. The van der Waals surface area contributed by atoms with Crippen molar-refractivity contribution in [2.24, 2.45) is 0 Å². The van der Waals surface area contributed by atoms with Gasteiger partial charge in [-0.2, -0.15) is 11.8 Å². The highest BCUT2D eigenvalue weighted by Crippen LogP contribution is 2.20. The zero-order valence-electron chi connectivity index (χ0n) is 15.5. The molecule has 0 bridgehead atoms. The minimum atomic E-state index is 0.265. The molecule has 2 aromatic rings. The second kappa shape index (κ2) is 9.03. The Balaban J connectivity index is 1.41. The summed E-state index contributed by atoms with van der Waals surface area (Å²) in [5.41, 5.74) is 3.46. The second-order valence-corrected chi connectivity index (χ2v) is 7.67. The summed E-state index contributed by atoms with van der Waals surface area (Å²) in [7, 11) is 0. The van der Waals surface area contributed by atoms with Gasteiger partial charge in [0.1, 0.15) is 12.1 Å². The van der Waals surface area contributed by atoms with Gasteiger partial charge in [-0.05, 0) is 19.4 Å². The summed E-state index contributed by atoms with van der Waals surface area (Å²) in [6, 6.07) is 10.4. The van der Waals surface area contributed by atoms with Crippen LogP contribution in [-0.4, -0.2) is 52.7 Å². The van der Waals surface area contributed by atoms with Crippen LogP contribution in [0.5, 0.6) is 0 Å². The highest BCUT2D eigenvalue weighted by atomic mass is 32.2. The zero-order chi connectivity index (χ0) is 18.4. The number of hydrogen-bond acceptors (Lipinski definition) is 5. The average Bonchev–Trinajstić information content (AvgIpc) is 2.68. The summed E-state index contributed by atoms with van der Waals surface area (Å²) in [6.07, 6.45) is 2.24. The monoisotopic (exact) mass is 370 g/mol. The van der Waals surface area contributed by atoms with E-state index in [-0.39, 0.29) is 5.91 Å². The van der Waals surface area contributed by atoms with Crippen LogP contribution >= 0.6 is 11.8 Å². The van der Waals surface area contributed by atoms with Crippen molar-refractivity contribution in [1.29, 1.82) is 0 Å². The highest BCUT2D eigenvalue weighted by molar-refractivity contribution is 7.98. The third-order valence-corrected chi connectivity index (χ3v) is 5.84. The van der Waals surface area contributed by atoms with Crippen molar-refractivity contribution in [2.45, 2.75) is 26.0 Å². The smallest absolute Gasteiger partial charge is 0.223 e. The molecule has 5 nitrogen and oxygen atoms in total. The number of thioether (sulfide) groups is 1. The number of benzene rings is 1. The SMILES string of the molecule is Cc1ncnc(N2CCN(C(=O)CCSCc3ccccc3)CC2)c1C. The number of hydrogen-bond donors (Lipinski definition) is 0. The Morgan fingerprint density at radius 3 is 2.54 bits per heavy atom. The molecule has 1 aliphatic rings. The Bertz CT molecular complexity index is 730. The number of anilines is 1. The lowest BCUT2D eigenvalue weighted by Crippen LogP contribution is -2.49. The Kier molecular flexibility index (Phi) is 6.50. The van der Waals surface area contributed by atoms with Crippen molar-refractivity contribution >= 4 is 23.5 Å². The number of amides is 1. The van der Waals surface area contributed by atoms with Gasteiger partial charge in [-0.15, -0.1) is 0 Å². The molecule has 1 aromatic heterocycles. The van der Waals surface area contributed by atoms with Gasteiger partial charge in [0.15, 0.2) is 0 Å². The molecule has 0 saturated carbocycles. The second-order valence-electron chi connectivity index (χ2n) is 6.56. The molecule has 1 aliphatic heterocycles. The van der Waals surface area contributed by atoms with E-state index in [4.69, 9.17) is 0 Å². The van der Waals surface area contributed by atoms with Crippen molar-refractivity contribution in [3.05, 3.63) is 53.5 Å². The van der Waals surface area contributed by atoms with E-state index < -0.39 is 0 Å². The molecule has 0 atom stereocenters. The van der Waals surface area contributed by atoms with Gasteiger partial charge in [0.05, 0.1) is 0 Å². The lowest BCUT2D eigenvalue weighted by Gasteiger charge is -2.36. The number of aromatic nitrogens is 2. The molecular formula is C20H26N4OS. The molecule has 1 aromatic carbocycles. The largest absolute Gasteiger partial charge is 0.353 e. The zero-order valence-corrected chi connectivity index (χ0v) is 16.3. The minimum absolute atomic E-state index is 0.265. The van der Waals surface area contributed by atoms with Gasteiger partial charge < -0.3 is 9.80 Å². The predicted molar refractivity (Wildman–Crippen MR) is 108 cm³/mol. The Morgan fingerprint density at radius 1 is 1.08 bits per heavy atom. The number of rotatable bonds is 6. The van der Waals surface area contributed by atoms with Crippen molar-refractivity contribution < 1.29 is 4.79 Å². The molecule has 6 heteroatoms. The van der Waals surface area contributed by atoms with Crippen LogP contribution in [0.4, 0.5) is 5.82 Å². The summed E-state index contributed by atoms with van der Waals surface area (Å²) < 4.78 is 0. The Hall–Kier alpha value is -2.08. The lowest BCUT2D eigenvalue weighted by molar-refractivity contribution is -0.131. The quantitative estimate of drug-likeness (QED) is 0.732. The standard InChI is InChI=1S/C20H26N4OS/c1-16-17(2)21-15-22-20(16)24-11-9-23(10-12-24)19(25)8-13-26-14-18-6-4-3-5-7-18/h3-7,15H,8-14H2,1-2H3.